The van der Waals surface area contributed by atoms with Gasteiger partial charge in [-0.25, -0.2) is 13.9 Å². The van der Waals surface area contributed by atoms with Crippen molar-refractivity contribution < 1.29 is 23.8 Å². The normalized spacial score (nSPS) is 17.7. The Balaban J connectivity index is 1.09. The third kappa shape index (κ3) is 6.95. The van der Waals surface area contributed by atoms with E-state index in [2.05, 4.69) is 31.8 Å². The number of hydrogen-bond donors (Lipinski definition) is 3. The van der Waals surface area contributed by atoms with E-state index in [1.807, 2.05) is 67.8 Å². The van der Waals surface area contributed by atoms with E-state index in [0.29, 0.717) is 24.3 Å². The number of pyridine rings is 1. The van der Waals surface area contributed by atoms with Gasteiger partial charge in [-0.05, 0) is 67.5 Å². The first kappa shape index (κ1) is 33.3. The van der Waals surface area contributed by atoms with E-state index in [0.717, 1.165) is 60.1 Å². The molecule has 0 saturated carbocycles. The zero-order chi connectivity index (χ0) is 34.8. The van der Waals surface area contributed by atoms with E-state index in [4.69, 9.17) is 19.7 Å². The molecule has 13 heteroatoms. The molecule has 2 aliphatic rings. The number of ether oxygens (including phenoxy) is 2. The number of amides is 2. The monoisotopic (exact) mass is 682 g/mol. The number of aliphatic hydroxyl groups excluding tert-OH is 1. The van der Waals surface area contributed by atoms with E-state index in [1.165, 1.54) is 18.6 Å². The van der Waals surface area contributed by atoms with Gasteiger partial charge >= 0.3 is 6.03 Å². The van der Waals surface area contributed by atoms with Crippen LogP contribution in [0.3, 0.4) is 0 Å². The van der Waals surface area contributed by atoms with Gasteiger partial charge in [0.05, 0.1) is 30.2 Å². The van der Waals surface area contributed by atoms with Crippen LogP contribution in [-0.4, -0.2) is 61.8 Å². The predicted molar refractivity (Wildman–Crippen MR) is 188 cm³/mol. The van der Waals surface area contributed by atoms with Crippen LogP contribution in [0.1, 0.15) is 81.8 Å². The lowest BCUT2D eigenvalue weighted by atomic mass is 9.85. The molecule has 50 heavy (non-hydrogen) atoms. The molecule has 0 spiro atoms. The molecule has 2 amide bonds. The Hall–Kier alpha value is -5.17. The summed E-state index contributed by atoms with van der Waals surface area (Å²) in [6.07, 6.45) is 6.67. The van der Waals surface area contributed by atoms with Gasteiger partial charge < -0.3 is 24.8 Å². The number of rotatable bonds is 9. The quantitative estimate of drug-likeness (QED) is 0.161. The molecule has 5 aromatic rings. The second-order valence-electron chi connectivity index (χ2n) is 13.9. The fourth-order valence-electron chi connectivity index (χ4n) is 6.66. The minimum absolute atomic E-state index is 0.0144. The van der Waals surface area contributed by atoms with Crippen LogP contribution in [0.4, 0.5) is 21.0 Å². The van der Waals surface area contributed by atoms with Crippen LogP contribution < -0.4 is 25.0 Å². The molecule has 1 aliphatic heterocycles. The van der Waals surface area contributed by atoms with E-state index in [1.54, 1.807) is 10.7 Å². The molecule has 1 aliphatic carbocycles. The summed E-state index contributed by atoms with van der Waals surface area (Å²) >= 11 is 0. The van der Waals surface area contributed by atoms with Crippen LogP contribution in [0.2, 0.25) is 0 Å². The number of urea groups is 1. The van der Waals surface area contributed by atoms with Gasteiger partial charge in [0, 0.05) is 30.6 Å². The summed E-state index contributed by atoms with van der Waals surface area (Å²) in [5.41, 5.74) is 3.71. The number of anilines is 2. The van der Waals surface area contributed by atoms with Crippen molar-refractivity contribution in [3.63, 3.8) is 0 Å². The molecule has 2 atom stereocenters. The van der Waals surface area contributed by atoms with E-state index in [-0.39, 0.29) is 36.5 Å². The number of aromatic nitrogens is 5. The lowest BCUT2D eigenvalue weighted by Gasteiger charge is -2.32. The van der Waals surface area contributed by atoms with E-state index >= 15 is 0 Å². The number of carbonyl (C=O) groups excluding carboxylic acids is 1. The largest absolute Gasteiger partial charge is 0.488 e. The summed E-state index contributed by atoms with van der Waals surface area (Å²) in [4.78, 5) is 15.9. The first-order chi connectivity index (χ1) is 24.2. The third-order valence-electron chi connectivity index (χ3n) is 9.24. The molecule has 3 N–H and O–H groups in total. The fraction of sp³-hybridized carbons (Fsp3) is 0.405. The van der Waals surface area contributed by atoms with Gasteiger partial charge in [0.25, 0.3) is 0 Å². The highest BCUT2D eigenvalue weighted by molar-refractivity contribution is 5.89. The fourth-order valence-corrected chi connectivity index (χ4v) is 6.66. The molecule has 2 aromatic carbocycles. The Morgan fingerprint density at radius 1 is 1.00 bits per heavy atom. The zero-order valence-electron chi connectivity index (χ0n) is 28.6. The van der Waals surface area contributed by atoms with Crippen molar-refractivity contribution in [1.82, 2.24) is 29.7 Å². The van der Waals surface area contributed by atoms with Crippen LogP contribution in [-0.2, 0) is 5.41 Å². The molecule has 1 fully saturated rings. The van der Waals surface area contributed by atoms with Gasteiger partial charge in [0.1, 0.15) is 24.3 Å². The molecule has 3 aromatic heterocycles. The Bertz CT molecular complexity index is 1980. The van der Waals surface area contributed by atoms with Crippen molar-refractivity contribution in [2.24, 2.45) is 0 Å². The smallest absolute Gasteiger partial charge is 0.320 e. The van der Waals surface area contributed by atoms with Crippen LogP contribution in [0, 0.1) is 5.82 Å². The third-order valence-corrected chi connectivity index (χ3v) is 9.24. The topological polar surface area (TPSA) is 131 Å². The van der Waals surface area contributed by atoms with Gasteiger partial charge in [-0.15, -0.1) is 10.2 Å². The Morgan fingerprint density at radius 3 is 2.58 bits per heavy atom. The molecule has 0 bridgehead atoms. The first-order valence-electron chi connectivity index (χ1n) is 17.2. The van der Waals surface area contributed by atoms with E-state index in [9.17, 15) is 9.18 Å². The van der Waals surface area contributed by atoms with Gasteiger partial charge in [-0.3, -0.25) is 9.72 Å². The van der Waals surface area contributed by atoms with E-state index < -0.39 is 11.8 Å². The number of fused-ring (bicyclic) bond motifs is 2. The first-order valence-corrected chi connectivity index (χ1v) is 17.2. The highest BCUT2D eigenvalue weighted by Crippen LogP contribution is 2.39. The standard InChI is InChI=1S/C37H43FN8O4/c1-37(2,3)32-22-34(46(43-32)24-11-13-28(38)31(21-24)49-20-19-47)40-35(48)39-29-14-15-30(27-10-6-5-9-26(27)29)50-25-12-16-33-41-42-36(45(33)23-25)44-17-7-4-8-18-44/h5-6,9-13,16,21-23,29-30,47H,4,7-8,14-15,17-20H2,1-3H3,(H2,39,40,48)/t29-,30+/m0/s1. The minimum atomic E-state index is -0.558. The molecule has 262 valence electrons. The number of aliphatic hydroxyl groups is 1. The van der Waals surface area contributed by atoms with Crippen molar-refractivity contribution in [3.05, 3.63) is 89.5 Å². The summed E-state index contributed by atoms with van der Waals surface area (Å²) in [5.74, 6) is 1.42. The number of carbonyl (C=O) groups is 1. The summed E-state index contributed by atoms with van der Waals surface area (Å²) < 4.78 is 30.0. The van der Waals surface area contributed by atoms with Crippen molar-refractivity contribution in [2.45, 2.75) is 70.4 Å². The SMILES string of the molecule is CC(C)(C)c1cc(NC(=O)N[C@H]2CC[C@@H](Oc3ccc4nnc(N5CCCCC5)n4c3)c3ccccc32)n(-c2ccc(F)c(OCCO)c2)n1. The molecule has 4 heterocycles. The molecule has 7 rings (SSSR count). The van der Waals surface area contributed by atoms with Crippen molar-refractivity contribution in [1.29, 1.82) is 0 Å². The lowest BCUT2D eigenvalue weighted by molar-refractivity contribution is 0.171. The molecule has 0 radical (unpaired) electrons. The highest BCUT2D eigenvalue weighted by atomic mass is 19.1. The summed E-state index contributed by atoms with van der Waals surface area (Å²) in [6, 6.07) is 17.4. The van der Waals surface area contributed by atoms with Crippen molar-refractivity contribution in [3.8, 4) is 17.2 Å². The second-order valence-corrected chi connectivity index (χ2v) is 13.9. The number of hydrogen-bond acceptors (Lipinski definition) is 8. The molecular formula is C37H43FN8O4. The van der Waals surface area contributed by atoms with Gasteiger partial charge in [0.2, 0.25) is 5.95 Å². The van der Waals surface area contributed by atoms with Gasteiger partial charge in [0.15, 0.2) is 17.2 Å². The number of halogens is 1. The van der Waals surface area contributed by atoms with Crippen LogP contribution in [0.15, 0.2) is 66.9 Å². The highest BCUT2D eigenvalue weighted by Gasteiger charge is 2.30. The average molecular weight is 683 g/mol. The minimum Gasteiger partial charge on any atom is -0.488 e. The summed E-state index contributed by atoms with van der Waals surface area (Å²) in [7, 11) is 0. The van der Waals surface area contributed by atoms with Crippen LogP contribution in [0.5, 0.6) is 11.5 Å². The molecular weight excluding hydrogens is 639 g/mol. The molecule has 12 nitrogen and oxygen atoms in total. The predicted octanol–water partition coefficient (Wildman–Crippen LogP) is 6.49. The van der Waals surface area contributed by atoms with Crippen LogP contribution >= 0.6 is 0 Å². The van der Waals surface area contributed by atoms with Crippen molar-refractivity contribution in [2.75, 3.05) is 36.5 Å². The number of nitrogens with zero attached hydrogens (tertiary/aromatic N) is 6. The second kappa shape index (κ2) is 14.0. The number of nitrogens with one attached hydrogen (secondary N) is 2. The van der Waals surface area contributed by atoms with Gasteiger partial charge in [-0.2, -0.15) is 5.10 Å². The van der Waals surface area contributed by atoms with Gasteiger partial charge in [-0.1, -0.05) is 45.0 Å². The molecule has 0 unspecified atom stereocenters. The van der Waals surface area contributed by atoms with Crippen LogP contribution in [0.25, 0.3) is 11.3 Å². The number of benzene rings is 2. The maximum atomic E-state index is 14.4. The maximum absolute atomic E-state index is 14.4. The lowest BCUT2D eigenvalue weighted by Crippen LogP contribution is -2.36. The Morgan fingerprint density at radius 2 is 1.80 bits per heavy atom. The Kier molecular flexibility index (Phi) is 9.32. The summed E-state index contributed by atoms with van der Waals surface area (Å²) in [5, 5.41) is 28.9. The number of piperidine rings is 1. The summed E-state index contributed by atoms with van der Waals surface area (Å²) in [6.45, 7) is 7.72. The zero-order valence-corrected chi connectivity index (χ0v) is 28.6. The Labute approximate surface area is 290 Å². The van der Waals surface area contributed by atoms with Crippen molar-refractivity contribution >= 4 is 23.4 Å². The molecule has 1 saturated heterocycles. The maximum Gasteiger partial charge on any atom is 0.320 e. The average Bonchev–Trinajstić information content (AvgIpc) is 3.74.